The zero-order valence-corrected chi connectivity index (χ0v) is 12.3. The van der Waals surface area contributed by atoms with Crippen molar-refractivity contribution in [3.8, 4) is 16.9 Å². The summed E-state index contributed by atoms with van der Waals surface area (Å²) in [5, 5.41) is 0. The molecule has 0 unspecified atom stereocenters. The van der Waals surface area contributed by atoms with Crippen LogP contribution in [0, 0.1) is 6.92 Å². The van der Waals surface area contributed by atoms with Crippen molar-refractivity contribution in [1.82, 2.24) is 0 Å². The second kappa shape index (κ2) is 6.27. The van der Waals surface area contributed by atoms with Gasteiger partial charge in [0, 0.05) is 0 Å². The third-order valence-electron chi connectivity index (χ3n) is 3.51. The van der Waals surface area contributed by atoms with Crippen LogP contribution in [0.1, 0.15) is 15.9 Å². The summed E-state index contributed by atoms with van der Waals surface area (Å²) in [4.78, 5) is 12.5. The molecule has 3 aromatic carbocycles. The Bertz CT molecular complexity index is 777. The van der Waals surface area contributed by atoms with E-state index in [2.05, 4.69) is 0 Å². The Morgan fingerprint density at radius 2 is 1.41 bits per heavy atom. The molecule has 0 atom stereocenters. The minimum atomic E-state index is -0.339. The maximum absolute atomic E-state index is 12.5. The summed E-state index contributed by atoms with van der Waals surface area (Å²) in [5.41, 5.74) is 3.56. The molecule has 0 heterocycles. The van der Waals surface area contributed by atoms with Crippen molar-refractivity contribution in [3.63, 3.8) is 0 Å². The van der Waals surface area contributed by atoms with Gasteiger partial charge in [0.2, 0.25) is 0 Å². The Balaban J connectivity index is 2.01. The predicted octanol–water partition coefficient (Wildman–Crippen LogP) is 4.88. The predicted molar refractivity (Wildman–Crippen MR) is 88.0 cm³/mol. The molecule has 2 nitrogen and oxygen atoms in total. The van der Waals surface area contributed by atoms with Crippen LogP contribution in [-0.2, 0) is 0 Å². The fourth-order valence-electron chi connectivity index (χ4n) is 2.48. The Morgan fingerprint density at radius 3 is 2.09 bits per heavy atom. The van der Waals surface area contributed by atoms with Gasteiger partial charge in [-0.2, -0.15) is 0 Å². The molecule has 3 rings (SSSR count). The highest BCUT2D eigenvalue weighted by atomic mass is 16.5. The van der Waals surface area contributed by atoms with Crippen molar-refractivity contribution in [1.29, 1.82) is 0 Å². The van der Waals surface area contributed by atoms with Crippen LogP contribution in [0.3, 0.4) is 0 Å². The van der Waals surface area contributed by atoms with Gasteiger partial charge in [-0.05, 0) is 41.8 Å². The van der Waals surface area contributed by atoms with Crippen LogP contribution >= 0.6 is 0 Å². The number of benzene rings is 3. The molecule has 0 aliphatic heterocycles. The first-order valence-corrected chi connectivity index (χ1v) is 7.18. The molecule has 0 saturated carbocycles. The van der Waals surface area contributed by atoms with Crippen molar-refractivity contribution >= 4 is 5.97 Å². The van der Waals surface area contributed by atoms with Crippen LogP contribution in [0.15, 0.2) is 78.9 Å². The molecule has 3 aromatic rings. The molecule has 2 heteroatoms. The molecular formula is C20H16O2. The third kappa shape index (κ3) is 2.91. The Labute approximate surface area is 130 Å². The lowest BCUT2D eigenvalue weighted by molar-refractivity contribution is 0.0735. The number of esters is 1. The first kappa shape index (κ1) is 14.1. The maximum Gasteiger partial charge on any atom is 0.344 e. The van der Waals surface area contributed by atoms with E-state index in [1.807, 2.05) is 67.6 Å². The van der Waals surface area contributed by atoms with Gasteiger partial charge >= 0.3 is 5.97 Å². The van der Waals surface area contributed by atoms with E-state index in [-0.39, 0.29) is 5.97 Å². The normalized spacial score (nSPS) is 10.2. The molecule has 0 amide bonds. The standard InChI is InChI=1S/C20H16O2/c1-15-9-8-14-18(19(15)16-10-4-2-5-11-16)20(21)22-17-12-6-3-7-13-17/h2-14H,1H3. The molecule has 0 fully saturated rings. The van der Waals surface area contributed by atoms with Crippen LogP contribution in [-0.4, -0.2) is 5.97 Å². The minimum absolute atomic E-state index is 0.339. The Hall–Kier alpha value is -2.87. The first-order chi connectivity index (χ1) is 10.8. The summed E-state index contributed by atoms with van der Waals surface area (Å²) >= 11 is 0. The highest BCUT2D eigenvalue weighted by Gasteiger charge is 2.16. The quantitative estimate of drug-likeness (QED) is 0.507. The fraction of sp³-hybridized carbons (Fsp3) is 0.0500. The lowest BCUT2D eigenvalue weighted by Gasteiger charge is -2.12. The molecule has 0 spiro atoms. The number of carbonyl (C=O) groups is 1. The van der Waals surface area contributed by atoms with E-state index >= 15 is 0 Å². The van der Waals surface area contributed by atoms with Crippen molar-refractivity contribution < 1.29 is 9.53 Å². The maximum atomic E-state index is 12.5. The number of ether oxygens (including phenoxy) is 1. The second-order valence-electron chi connectivity index (χ2n) is 5.07. The molecule has 0 aromatic heterocycles. The average Bonchev–Trinajstić information content (AvgIpc) is 2.56. The molecule has 0 aliphatic carbocycles. The summed E-state index contributed by atoms with van der Waals surface area (Å²) in [5.74, 6) is 0.210. The summed E-state index contributed by atoms with van der Waals surface area (Å²) in [7, 11) is 0. The zero-order chi connectivity index (χ0) is 15.4. The molecule has 0 radical (unpaired) electrons. The molecule has 22 heavy (non-hydrogen) atoms. The second-order valence-corrected chi connectivity index (χ2v) is 5.07. The first-order valence-electron chi connectivity index (χ1n) is 7.18. The third-order valence-corrected chi connectivity index (χ3v) is 3.51. The lowest BCUT2D eigenvalue weighted by Crippen LogP contribution is -2.10. The number of aryl methyl sites for hydroxylation is 1. The number of para-hydroxylation sites is 1. The molecule has 0 saturated heterocycles. The van der Waals surface area contributed by atoms with Crippen molar-refractivity contribution in [2.24, 2.45) is 0 Å². The van der Waals surface area contributed by atoms with Crippen LogP contribution in [0.25, 0.3) is 11.1 Å². The monoisotopic (exact) mass is 288 g/mol. The van der Waals surface area contributed by atoms with E-state index in [0.29, 0.717) is 11.3 Å². The van der Waals surface area contributed by atoms with Crippen molar-refractivity contribution in [2.45, 2.75) is 6.92 Å². The average molecular weight is 288 g/mol. The van der Waals surface area contributed by atoms with Crippen LogP contribution in [0.2, 0.25) is 0 Å². The SMILES string of the molecule is Cc1cccc(C(=O)Oc2ccccc2)c1-c1ccccc1. The van der Waals surface area contributed by atoms with Crippen LogP contribution in [0.4, 0.5) is 0 Å². The van der Waals surface area contributed by atoms with Gasteiger partial charge in [0.15, 0.2) is 0 Å². The largest absolute Gasteiger partial charge is 0.423 e. The Kier molecular flexibility index (Phi) is 4.01. The van der Waals surface area contributed by atoms with Gasteiger partial charge in [0.05, 0.1) is 5.56 Å². The molecular weight excluding hydrogens is 272 g/mol. The summed E-state index contributed by atoms with van der Waals surface area (Å²) < 4.78 is 5.48. The van der Waals surface area contributed by atoms with Gasteiger partial charge in [0.1, 0.15) is 5.75 Å². The van der Waals surface area contributed by atoms with Gasteiger partial charge in [-0.1, -0.05) is 60.7 Å². The number of hydrogen-bond acceptors (Lipinski definition) is 2. The van der Waals surface area contributed by atoms with Gasteiger partial charge in [-0.25, -0.2) is 4.79 Å². The van der Waals surface area contributed by atoms with E-state index in [9.17, 15) is 4.79 Å². The number of hydrogen-bond donors (Lipinski definition) is 0. The molecule has 0 aliphatic rings. The van der Waals surface area contributed by atoms with Crippen molar-refractivity contribution in [3.05, 3.63) is 90.0 Å². The van der Waals surface area contributed by atoms with E-state index in [4.69, 9.17) is 4.74 Å². The van der Waals surface area contributed by atoms with Gasteiger partial charge in [-0.15, -0.1) is 0 Å². The van der Waals surface area contributed by atoms with Gasteiger partial charge in [0.25, 0.3) is 0 Å². The highest BCUT2D eigenvalue weighted by Crippen LogP contribution is 2.28. The van der Waals surface area contributed by atoms with E-state index in [0.717, 1.165) is 16.7 Å². The minimum Gasteiger partial charge on any atom is -0.423 e. The smallest absolute Gasteiger partial charge is 0.344 e. The van der Waals surface area contributed by atoms with E-state index in [1.54, 1.807) is 18.2 Å². The van der Waals surface area contributed by atoms with Crippen molar-refractivity contribution in [2.75, 3.05) is 0 Å². The Morgan fingerprint density at radius 1 is 0.773 bits per heavy atom. The number of carbonyl (C=O) groups excluding carboxylic acids is 1. The van der Waals surface area contributed by atoms with Crippen LogP contribution in [0.5, 0.6) is 5.75 Å². The van der Waals surface area contributed by atoms with E-state index in [1.165, 1.54) is 0 Å². The van der Waals surface area contributed by atoms with Gasteiger partial charge in [-0.3, -0.25) is 0 Å². The van der Waals surface area contributed by atoms with Gasteiger partial charge < -0.3 is 4.74 Å². The lowest BCUT2D eigenvalue weighted by atomic mass is 9.95. The molecule has 108 valence electrons. The molecule has 0 N–H and O–H groups in total. The number of rotatable bonds is 3. The van der Waals surface area contributed by atoms with Crippen LogP contribution < -0.4 is 4.74 Å². The summed E-state index contributed by atoms with van der Waals surface area (Å²) in [6, 6.07) is 24.7. The fourth-order valence-corrected chi connectivity index (χ4v) is 2.48. The van der Waals surface area contributed by atoms with E-state index < -0.39 is 0 Å². The summed E-state index contributed by atoms with van der Waals surface area (Å²) in [6.45, 7) is 2.00. The zero-order valence-electron chi connectivity index (χ0n) is 12.3. The topological polar surface area (TPSA) is 26.3 Å². The summed E-state index contributed by atoms with van der Waals surface area (Å²) in [6.07, 6.45) is 0. The highest BCUT2D eigenvalue weighted by molar-refractivity contribution is 5.99. The molecule has 0 bridgehead atoms.